The van der Waals surface area contributed by atoms with E-state index in [2.05, 4.69) is 15.2 Å². The number of hydrogen-bond acceptors (Lipinski definition) is 3. The third kappa shape index (κ3) is 5.72. The Kier molecular flexibility index (Phi) is 7.18. The Morgan fingerprint density at radius 2 is 1.63 bits per heavy atom. The van der Waals surface area contributed by atoms with E-state index < -0.39 is 47.0 Å². The third-order valence-electron chi connectivity index (χ3n) is 7.00. The van der Waals surface area contributed by atoms with Crippen LogP contribution in [0.15, 0.2) is 60.8 Å². The molecule has 1 saturated carbocycles. The van der Waals surface area contributed by atoms with Gasteiger partial charge < -0.3 is 5.11 Å². The first-order valence-corrected chi connectivity index (χ1v) is 12.4. The van der Waals surface area contributed by atoms with Gasteiger partial charge in [-0.1, -0.05) is 36.8 Å². The maximum atomic E-state index is 14.5. The van der Waals surface area contributed by atoms with E-state index in [0.29, 0.717) is 47.7 Å². The van der Waals surface area contributed by atoms with Crippen LogP contribution in [0.4, 0.5) is 30.7 Å². The second-order valence-electron chi connectivity index (χ2n) is 9.60. The van der Waals surface area contributed by atoms with Gasteiger partial charge in [-0.3, -0.25) is 10.1 Å². The molecule has 4 aromatic rings. The Labute approximate surface area is 228 Å². The standard InChI is InChI=1S/C29H20F7N3O2/c30-27-19-12-18(9-10-22(19)38-39-27)25(17-7-4-15(5-8-17)6-11-24(40)41)26(16-2-1-3-16)20-14-37-23(29(34,35)36)13-21(20)28(31,32)33/h4-14,16H,1-3H2,(H,38,39)(H,40,41)/b11-6+,26-25+. The van der Waals surface area contributed by atoms with E-state index in [-0.39, 0.29) is 22.6 Å². The van der Waals surface area contributed by atoms with Crippen LogP contribution in [0.2, 0.25) is 0 Å². The summed E-state index contributed by atoms with van der Waals surface area (Å²) in [5.74, 6) is -2.44. The minimum atomic E-state index is -5.13. The molecular formula is C29H20F7N3O2. The first-order valence-electron chi connectivity index (χ1n) is 12.4. The van der Waals surface area contributed by atoms with Gasteiger partial charge in [0, 0.05) is 17.8 Å². The normalized spacial score (nSPS) is 15.3. The van der Waals surface area contributed by atoms with E-state index in [1.54, 1.807) is 30.3 Å². The Hall–Kier alpha value is -4.48. The number of halogens is 7. The van der Waals surface area contributed by atoms with Crippen LogP contribution in [0, 0.1) is 11.9 Å². The van der Waals surface area contributed by atoms with Crippen molar-refractivity contribution in [2.75, 3.05) is 0 Å². The monoisotopic (exact) mass is 575 g/mol. The topological polar surface area (TPSA) is 78.9 Å². The van der Waals surface area contributed by atoms with Crippen molar-refractivity contribution in [2.24, 2.45) is 5.92 Å². The molecule has 0 spiro atoms. The summed E-state index contributed by atoms with van der Waals surface area (Å²) in [6.07, 6.45) is -5.69. The molecule has 0 bridgehead atoms. The molecule has 0 atom stereocenters. The van der Waals surface area contributed by atoms with Crippen molar-refractivity contribution in [3.8, 4) is 0 Å². The molecule has 1 aliphatic rings. The lowest BCUT2D eigenvalue weighted by atomic mass is 9.72. The largest absolute Gasteiger partial charge is 0.478 e. The average molecular weight is 575 g/mol. The number of fused-ring (bicyclic) bond motifs is 1. The summed E-state index contributed by atoms with van der Waals surface area (Å²) in [4.78, 5) is 14.3. The number of aliphatic carboxylic acids is 1. The minimum absolute atomic E-state index is 0.0182. The Morgan fingerprint density at radius 3 is 2.22 bits per heavy atom. The summed E-state index contributed by atoms with van der Waals surface area (Å²) in [5, 5.41) is 15.0. The van der Waals surface area contributed by atoms with Gasteiger partial charge in [0.25, 0.3) is 0 Å². The zero-order valence-electron chi connectivity index (χ0n) is 20.9. The van der Waals surface area contributed by atoms with Gasteiger partial charge in [-0.15, -0.1) is 5.10 Å². The van der Waals surface area contributed by atoms with E-state index in [0.717, 1.165) is 6.08 Å². The van der Waals surface area contributed by atoms with Crippen molar-refractivity contribution in [2.45, 2.75) is 31.6 Å². The van der Waals surface area contributed by atoms with Crippen molar-refractivity contribution >= 4 is 34.1 Å². The number of allylic oxidation sites excluding steroid dienone is 1. The number of aromatic nitrogens is 3. The second kappa shape index (κ2) is 10.5. The molecule has 1 fully saturated rings. The van der Waals surface area contributed by atoms with Crippen LogP contribution in [-0.4, -0.2) is 26.3 Å². The molecule has 1 aliphatic carbocycles. The number of hydrogen-bond donors (Lipinski definition) is 2. The van der Waals surface area contributed by atoms with Gasteiger partial charge >= 0.3 is 18.3 Å². The molecule has 12 heteroatoms. The minimum Gasteiger partial charge on any atom is -0.478 e. The average Bonchev–Trinajstić information content (AvgIpc) is 3.25. The van der Waals surface area contributed by atoms with Crippen LogP contribution in [0.25, 0.3) is 28.1 Å². The summed E-state index contributed by atoms with van der Waals surface area (Å²) in [6, 6.07) is 10.8. The zero-order valence-corrected chi connectivity index (χ0v) is 20.9. The molecule has 0 unspecified atom stereocenters. The number of pyridine rings is 1. The first-order chi connectivity index (χ1) is 19.3. The van der Waals surface area contributed by atoms with Crippen molar-refractivity contribution < 1.29 is 40.6 Å². The molecule has 5 nitrogen and oxygen atoms in total. The summed E-state index contributed by atoms with van der Waals surface area (Å²) >= 11 is 0. The van der Waals surface area contributed by atoms with Gasteiger partial charge in [-0.05, 0) is 70.9 Å². The second-order valence-corrected chi connectivity index (χ2v) is 9.60. The highest BCUT2D eigenvalue weighted by Gasteiger charge is 2.41. The van der Waals surface area contributed by atoms with Crippen molar-refractivity contribution in [1.82, 2.24) is 15.2 Å². The van der Waals surface area contributed by atoms with Gasteiger partial charge in [0.05, 0.1) is 16.5 Å². The number of carboxylic acid groups (broad SMARTS) is 1. The maximum Gasteiger partial charge on any atom is 0.433 e. The molecule has 212 valence electrons. The van der Waals surface area contributed by atoms with Gasteiger partial charge in [-0.2, -0.15) is 30.7 Å². The lowest BCUT2D eigenvalue weighted by Crippen LogP contribution is -2.20. The van der Waals surface area contributed by atoms with Gasteiger partial charge in [-0.25, -0.2) is 4.79 Å². The number of H-pyrrole nitrogens is 1. The SMILES string of the molecule is O=C(O)/C=C/c1ccc(/C(=C(\c2cnc(C(F)(F)F)cc2C(F)(F)F)C2CCC2)c2ccc3[nH]nc(F)c3c2)cc1. The molecule has 2 aromatic carbocycles. The van der Waals surface area contributed by atoms with E-state index in [4.69, 9.17) is 5.11 Å². The Morgan fingerprint density at radius 1 is 0.951 bits per heavy atom. The van der Waals surface area contributed by atoms with Crippen LogP contribution in [0.5, 0.6) is 0 Å². The molecular weight excluding hydrogens is 555 g/mol. The maximum absolute atomic E-state index is 14.5. The van der Waals surface area contributed by atoms with Crippen LogP contribution < -0.4 is 0 Å². The molecule has 0 radical (unpaired) electrons. The predicted molar refractivity (Wildman–Crippen MR) is 137 cm³/mol. The summed E-state index contributed by atoms with van der Waals surface area (Å²) in [5.41, 5.74) is -1.68. The molecule has 2 N–H and O–H groups in total. The van der Waals surface area contributed by atoms with Gasteiger partial charge in [0.1, 0.15) is 5.69 Å². The summed E-state index contributed by atoms with van der Waals surface area (Å²) < 4.78 is 97.6. The lowest BCUT2D eigenvalue weighted by molar-refractivity contribution is -0.145. The molecule has 0 amide bonds. The Balaban J connectivity index is 1.83. The summed E-state index contributed by atoms with van der Waals surface area (Å²) in [6.45, 7) is 0. The van der Waals surface area contributed by atoms with E-state index in [9.17, 15) is 35.5 Å². The number of carbonyl (C=O) groups is 1. The molecule has 5 rings (SSSR count). The molecule has 0 aliphatic heterocycles. The summed E-state index contributed by atoms with van der Waals surface area (Å²) in [7, 11) is 0. The van der Waals surface area contributed by atoms with Gasteiger partial charge in [0.2, 0.25) is 5.95 Å². The Bertz CT molecular complexity index is 1680. The highest BCUT2D eigenvalue weighted by atomic mass is 19.4. The smallest absolute Gasteiger partial charge is 0.433 e. The first kappa shape index (κ1) is 28.1. The molecule has 2 heterocycles. The predicted octanol–water partition coefficient (Wildman–Crippen LogP) is 7.99. The third-order valence-corrected chi connectivity index (χ3v) is 7.00. The fourth-order valence-electron chi connectivity index (χ4n) is 4.86. The highest BCUT2D eigenvalue weighted by Crippen LogP contribution is 2.49. The number of carboxylic acids is 1. The fraction of sp³-hybridized carbons (Fsp3) is 0.207. The quantitative estimate of drug-likeness (QED) is 0.180. The van der Waals surface area contributed by atoms with E-state index in [1.165, 1.54) is 18.2 Å². The van der Waals surface area contributed by atoms with Crippen LogP contribution >= 0.6 is 0 Å². The van der Waals surface area contributed by atoms with Crippen LogP contribution in [0.3, 0.4) is 0 Å². The number of rotatable bonds is 6. The van der Waals surface area contributed by atoms with E-state index >= 15 is 0 Å². The van der Waals surface area contributed by atoms with Crippen LogP contribution in [-0.2, 0) is 17.1 Å². The number of alkyl halides is 6. The molecule has 0 saturated heterocycles. The number of nitrogens with one attached hydrogen (secondary N) is 1. The van der Waals surface area contributed by atoms with Crippen molar-refractivity contribution in [3.63, 3.8) is 0 Å². The fourth-order valence-corrected chi connectivity index (χ4v) is 4.86. The van der Waals surface area contributed by atoms with Crippen LogP contribution in [0.1, 0.15) is 52.8 Å². The van der Waals surface area contributed by atoms with Crippen molar-refractivity contribution in [3.05, 3.63) is 100 Å². The highest BCUT2D eigenvalue weighted by molar-refractivity contribution is 6.02. The lowest BCUT2D eigenvalue weighted by Gasteiger charge is -2.33. The molecule has 41 heavy (non-hydrogen) atoms. The molecule has 2 aromatic heterocycles. The number of nitrogens with zero attached hydrogens (tertiary/aromatic N) is 2. The number of aromatic amines is 1. The van der Waals surface area contributed by atoms with Gasteiger partial charge in [0.15, 0.2) is 0 Å². The zero-order chi connectivity index (χ0) is 29.5. The van der Waals surface area contributed by atoms with E-state index in [1.807, 2.05) is 0 Å². The number of benzene rings is 2. The van der Waals surface area contributed by atoms with Crippen molar-refractivity contribution in [1.29, 1.82) is 0 Å².